The lowest BCUT2D eigenvalue weighted by molar-refractivity contribution is -0.151. The van der Waals surface area contributed by atoms with Gasteiger partial charge in [0, 0.05) is 14.5 Å². The molecule has 0 aliphatic rings. The van der Waals surface area contributed by atoms with Crippen LogP contribution >= 0.6 is 0 Å². The van der Waals surface area contributed by atoms with E-state index in [4.69, 9.17) is 19.0 Å². The van der Waals surface area contributed by atoms with Gasteiger partial charge in [-0.25, -0.2) is 4.79 Å². The molecule has 0 amide bonds. The fourth-order valence-electron chi connectivity index (χ4n) is 4.37. The number of hydrogen-bond acceptors (Lipinski definition) is 6. The number of carbonyl (C=O) groups is 1. The van der Waals surface area contributed by atoms with Gasteiger partial charge in [0.25, 0.3) is 0 Å². The van der Waals surface area contributed by atoms with E-state index in [0.29, 0.717) is 37.7 Å². The maximum atomic E-state index is 13.0. The molecule has 0 fully saturated rings. The van der Waals surface area contributed by atoms with E-state index in [0.717, 1.165) is 34.0 Å². The maximum absolute atomic E-state index is 13.0. The molecule has 0 radical (unpaired) electrons. The third kappa shape index (κ3) is 10.7. The van der Waals surface area contributed by atoms with Gasteiger partial charge in [-0.05, 0) is 66.4 Å². The van der Waals surface area contributed by atoms with Gasteiger partial charge in [0.05, 0.1) is 12.3 Å². The van der Waals surface area contributed by atoms with Crippen molar-refractivity contribution in [3.63, 3.8) is 0 Å². The Kier molecular flexibility index (Phi) is 11.8. The SMILES string of the molecule is CC(=NOCCOc1ccc(CC(Oc2ccc(C)cc2)C(=O)OCC[Si](C)(C)C)cc1)c1ccc(-c2ccccc2)cc1. The Labute approximate surface area is 262 Å². The highest BCUT2D eigenvalue weighted by molar-refractivity contribution is 6.76. The highest BCUT2D eigenvalue weighted by atomic mass is 28.3. The molecule has 0 saturated heterocycles. The molecule has 4 rings (SSSR count). The van der Waals surface area contributed by atoms with Crippen LogP contribution in [0.5, 0.6) is 11.5 Å². The zero-order valence-corrected chi connectivity index (χ0v) is 27.4. The molecule has 4 aromatic rings. The zero-order chi connectivity index (χ0) is 31.4. The number of benzene rings is 4. The van der Waals surface area contributed by atoms with Gasteiger partial charge in [-0.15, -0.1) is 0 Å². The number of hydrogen-bond donors (Lipinski definition) is 0. The van der Waals surface area contributed by atoms with Gasteiger partial charge >= 0.3 is 5.97 Å². The van der Waals surface area contributed by atoms with Gasteiger partial charge in [0.1, 0.15) is 18.1 Å². The summed E-state index contributed by atoms with van der Waals surface area (Å²) in [5, 5.41) is 4.25. The van der Waals surface area contributed by atoms with E-state index in [1.54, 1.807) is 0 Å². The molecule has 0 aliphatic heterocycles. The minimum Gasteiger partial charge on any atom is -0.490 e. The molecule has 4 aromatic carbocycles. The van der Waals surface area contributed by atoms with Crippen molar-refractivity contribution in [2.45, 2.75) is 52.1 Å². The summed E-state index contributed by atoms with van der Waals surface area (Å²) in [6.07, 6.45) is -0.348. The Morgan fingerprint density at radius 3 is 2.05 bits per heavy atom. The number of nitrogens with zero attached hydrogens (tertiary/aromatic N) is 1. The lowest BCUT2D eigenvalue weighted by atomic mass is 10.0. The summed E-state index contributed by atoms with van der Waals surface area (Å²) in [6.45, 7) is 11.8. The number of oxime groups is 1. The molecule has 44 heavy (non-hydrogen) atoms. The van der Waals surface area contributed by atoms with Gasteiger partial charge in [0.2, 0.25) is 0 Å². The van der Waals surface area contributed by atoms with Gasteiger partial charge in [0.15, 0.2) is 12.7 Å². The Morgan fingerprint density at radius 2 is 1.39 bits per heavy atom. The predicted octanol–water partition coefficient (Wildman–Crippen LogP) is 8.35. The Balaban J connectivity index is 1.26. The molecular weight excluding hydrogens is 566 g/mol. The molecule has 6 nitrogen and oxygen atoms in total. The summed E-state index contributed by atoms with van der Waals surface area (Å²) >= 11 is 0. The molecular formula is C37H43NO5Si. The second-order valence-electron chi connectivity index (χ2n) is 12.0. The van der Waals surface area contributed by atoms with Crippen LogP contribution in [0.3, 0.4) is 0 Å². The average molecular weight is 610 g/mol. The molecule has 0 aliphatic carbocycles. The monoisotopic (exact) mass is 609 g/mol. The van der Waals surface area contributed by atoms with Crippen LogP contribution < -0.4 is 9.47 Å². The molecule has 0 aromatic heterocycles. The van der Waals surface area contributed by atoms with Crippen molar-refractivity contribution in [2.24, 2.45) is 5.16 Å². The first-order valence-corrected chi connectivity index (χ1v) is 18.8. The van der Waals surface area contributed by atoms with Crippen LogP contribution in [-0.2, 0) is 20.8 Å². The number of aryl methyl sites for hydroxylation is 1. The molecule has 1 atom stereocenters. The number of esters is 1. The topological polar surface area (TPSA) is 66.3 Å². The molecule has 0 heterocycles. The quantitative estimate of drug-likeness (QED) is 0.0446. The first-order chi connectivity index (χ1) is 21.2. The summed E-state index contributed by atoms with van der Waals surface area (Å²) in [5.74, 6) is 1.01. The van der Waals surface area contributed by atoms with Crippen LogP contribution in [0, 0.1) is 6.92 Å². The average Bonchev–Trinajstić information content (AvgIpc) is 3.02. The Morgan fingerprint density at radius 1 is 0.750 bits per heavy atom. The molecule has 0 saturated carbocycles. The lowest BCUT2D eigenvalue weighted by Gasteiger charge is -2.20. The van der Waals surface area contributed by atoms with E-state index in [1.165, 1.54) is 5.56 Å². The van der Waals surface area contributed by atoms with Crippen molar-refractivity contribution >= 4 is 19.8 Å². The van der Waals surface area contributed by atoms with Crippen LogP contribution in [-0.4, -0.2) is 45.7 Å². The third-order valence-electron chi connectivity index (χ3n) is 7.06. The van der Waals surface area contributed by atoms with Crippen LogP contribution in [0.2, 0.25) is 25.7 Å². The van der Waals surface area contributed by atoms with E-state index < -0.39 is 14.2 Å². The molecule has 0 spiro atoms. The summed E-state index contributed by atoms with van der Waals surface area (Å²) in [4.78, 5) is 18.5. The third-order valence-corrected chi connectivity index (χ3v) is 8.76. The van der Waals surface area contributed by atoms with E-state index in [9.17, 15) is 4.79 Å². The van der Waals surface area contributed by atoms with Crippen molar-refractivity contribution in [2.75, 3.05) is 19.8 Å². The lowest BCUT2D eigenvalue weighted by Crippen LogP contribution is -2.33. The van der Waals surface area contributed by atoms with Crippen molar-refractivity contribution in [3.05, 3.63) is 120 Å². The van der Waals surface area contributed by atoms with Crippen molar-refractivity contribution < 1.29 is 23.8 Å². The highest BCUT2D eigenvalue weighted by Crippen LogP contribution is 2.21. The maximum Gasteiger partial charge on any atom is 0.347 e. The fourth-order valence-corrected chi connectivity index (χ4v) is 5.08. The molecule has 0 N–H and O–H groups in total. The largest absolute Gasteiger partial charge is 0.490 e. The van der Waals surface area contributed by atoms with Gasteiger partial charge < -0.3 is 19.0 Å². The normalized spacial score (nSPS) is 12.3. The van der Waals surface area contributed by atoms with Crippen molar-refractivity contribution in [1.82, 2.24) is 0 Å². The van der Waals surface area contributed by atoms with E-state index in [-0.39, 0.29) is 5.97 Å². The summed E-state index contributed by atoms with van der Waals surface area (Å²) in [5.41, 5.74) is 6.23. The number of ether oxygens (including phenoxy) is 3. The molecule has 0 bridgehead atoms. The van der Waals surface area contributed by atoms with Gasteiger partial charge in [-0.2, -0.15) is 0 Å². The summed E-state index contributed by atoms with van der Waals surface area (Å²) in [7, 11) is -1.32. The Bertz CT molecular complexity index is 1480. The first kappa shape index (κ1) is 32.5. The van der Waals surface area contributed by atoms with Crippen molar-refractivity contribution in [3.8, 4) is 22.6 Å². The van der Waals surface area contributed by atoms with E-state index in [2.05, 4.69) is 49.1 Å². The van der Waals surface area contributed by atoms with Crippen molar-refractivity contribution in [1.29, 1.82) is 0 Å². The smallest absolute Gasteiger partial charge is 0.347 e. The predicted molar refractivity (Wildman–Crippen MR) is 180 cm³/mol. The van der Waals surface area contributed by atoms with Gasteiger partial charge in [-0.3, -0.25) is 0 Å². The Hall–Kier alpha value is -4.36. The highest BCUT2D eigenvalue weighted by Gasteiger charge is 2.24. The second-order valence-corrected chi connectivity index (χ2v) is 17.7. The van der Waals surface area contributed by atoms with Crippen LogP contribution in [0.15, 0.2) is 108 Å². The van der Waals surface area contributed by atoms with E-state index >= 15 is 0 Å². The minimum atomic E-state index is -1.32. The number of carbonyl (C=O) groups excluding carboxylic acids is 1. The van der Waals surface area contributed by atoms with Crippen LogP contribution in [0.25, 0.3) is 11.1 Å². The zero-order valence-electron chi connectivity index (χ0n) is 26.4. The summed E-state index contributed by atoms with van der Waals surface area (Å²) in [6, 6.07) is 34.8. The van der Waals surface area contributed by atoms with Crippen LogP contribution in [0.1, 0.15) is 23.6 Å². The summed E-state index contributed by atoms with van der Waals surface area (Å²) < 4.78 is 17.6. The van der Waals surface area contributed by atoms with Gasteiger partial charge in [-0.1, -0.05) is 109 Å². The molecule has 1 unspecified atom stereocenters. The standard InChI is InChI=1S/C37H43NO5Si/c1-28-11-19-35(20-12-28)43-36(37(39)41-25-26-44(3,4)5)27-30-13-21-34(22-14-30)40-23-24-42-38-29(2)31-15-17-33(18-16-31)32-9-7-6-8-10-32/h6-22,36H,23-27H2,1-5H3. The first-order valence-electron chi connectivity index (χ1n) is 15.1. The second kappa shape index (κ2) is 15.9. The van der Waals surface area contributed by atoms with E-state index in [1.807, 2.05) is 92.7 Å². The fraction of sp³-hybridized carbons (Fsp3) is 0.297. The number of rotatable bonds is 15. The molecule has 230 valence electrons. The molecule has 7 heteroatoms. The van der Waals surface area contributed by atoms with Crippen LogP contribution in [0.4, 0.5) is 0 Å². The minimum absolute atomic E-state index is 0.316.